The van der Waals surface area contributed by atoms with Gasteiger partial charge in [-0.1, -0.05) is 12.8 Å². The molecule has 1 aliphatic carbocycles. The predicted molar refractivity (Wildman–Crippen MR) is 53.5 cm³/mol. The van der Waals surface area contributed by atoms with Crippen LogP contribution < -0.4 is 0 Å². The number of carbonyl (C=O) groups excluding carboxylic acids is 1. The van der Waals surface area contributed by atoms with Crippen LogP contribution in [0.3, 0.4) is 0 Å². The van der Waals surface area contributed by atoms with E-state index in [0.717, 1.165) is 12.5 Å². The van der Waals surface area contributed by atoms with E-state index in [-0.39, 0.29) is 5.97 Å². The second kappa shape index (κ2) is 4.30. The molecule has 0 bridgehead atoms. The highest BCUT2D eigenvalue weighted by atomic mass is 16.7. The number of hydroxylamine groups is 2. The van der Waals surface area contributed by atoms with Gasteiger partial charge >= 0.3 is 5.97 Å². The van der Waals surface area contributed by atoms with Gasteiger partial charge in [0.1, 0.15) is 0 Å². The van der Waals surface area contributed by atoms with E-state index in [2.05, 4.69) is 0 Å². The molecule has 2 rings (SSSR count). The van der Waals surface area contributed by atoms with E-state index in [0.29, 0.717) is 6.04 Å². The van der Waals surface area contributed by atoms with Gasteiger partial charge in [-0.15, -0.1) is 5.06 Å². The summed E-state index contributed by atoms with van der Waals surface area (Å²) in [7, 11) is 0. The maximum absolute atomic E-state index is 10.9. The first-order valence-electron chi connectivity index (χ1n) is 5.72. The molecule has 2 unspecified atom stereocenters. The molecule has 2 aliphatic rings. The Hall–Kier alpha value is -0.570. The lowest BCUT2D eigenvalue weighted by Gasteiger charge is -2.42. The maximum atomic E-state index is 10.9. The molecule has 2 fully saturated rings. The molecule has 0 aromatic heterocycles. The molecule has 3 nitrogen and oxygen atoms in total. The van der Waals surface area contributed by atoms with Crippen molar-refractivity contribution < 1.29 is 9.63 Å². The largest absolute Gasteiger partial charge is 0.368 e. The molecule has 1 heterocycles. The number of fused-ring (bicyclic) bond motifs is 1. The van der Waals surface area contributed by atoms with E-state index >= 15 is 0 Å². The minimum atomic E-state index is -0.170. The molecule has 1 saturated carbocycles. The molecule has 1 aliphatic heterocycles. The average molecular weight is 197 g/mol. The third-order valence-electron chi connectivity index (χ3n) is 3.44. The minimum absolute atomic E-state index is 0.170. The molecule has 0 aromatic carbocycles. The summed E-state index contributed by atoms with van der Waals surface area (Å²) in [5.74, 6) is 0.605. The zero-order valence-electron chi connectivity index (χ0n) is 8.87. The summed E-state index contributed by atoms with van der Waals surface area (Å²) in [5, 5.41) is 1.94. The number of hydrogen-bond donors (Lipinski definition) is 0. The number of hydrogen-bond acceptors (Lipinski definition) is 3. The van der Waals surface area contributed by atoms with Gasteiger partial charge in [-0.25, -0.2) is 0 Å². The van der Waals surface area contributed by atoms with Crippen LogP contribution in [0.1, 0.15) is 45.4 Å². The van der Waals surface area contributed by atoms with Crippen LogP contribution in [-0.4, -0.2) is 23.6 Å². The Kier molecular flexibility index (Phi) is 3.06. The SMILES string of the molecule is CC(=O)ON1CCCC2CCCCC21. The topological polar surface area (TPSA) is 29.5 Å². The predicted octanol–water partition coefficient (Wildman–Crippen LogP) is 2.12. The first kappa shape index (κ1) is 9.97. The van der Waals surface area contributed by atoms with Crippen LogP contribution >= 0.6 is 0 Å². The molecule has 0 aromatic rings. The quantitative estimate of drug-likeness (QED) is 0.645. The van der Waals surface area contributed by atoms with E-state index < -0.39 is 0 Å². The fourth-order valence-electron chi connectivity index (χ4n) is 2.86. The van der Waals surface area contributed by atoms with Gasteiger partial charge in [-0.2, -0.15) is 0 Å². The molecule has 0 N–H and O–H groups in total. The Labute approximate surface area is 85.4 Å². The summed E-state index contributed by atoms with van der Waals surface area (Å²) in [4.78, 5) is 16.2. The Balaban J connectivity index is 1.97. The first-order chi connectivity index (χ1) is 6.77. The van der Waals surface area contributed by atoms with E-state index in [1.54, 1.807) is 0 Å². The van der Waals surface area contributed by atoms with Crippen LogP contribution in [-0.2, 0) is 9.63 Å². The molecule has 14 heavy (non-hydrogen) atoms. The first-order valence-corrected chi connectivity index (χ1v) is 5.72. The van der Waals surface area contributed by atoms with Crippen molar-refractivity contribution in [2.75, 3.05) is 6.54 Å². The number of nitrogens with zero attached hydrogens (tertiary/aromatic N) is 1. The van der Waals surface area contributed by atoms with Crippen molar-refractivity contribution in [2.24, 2.45) is 5.92 Å². The van der Waals surface area contributed by atoms with Gasteiger partial charge in [0.2, 0.25) is 0 Å². The summed E-state index contributed by atoms with van der Waals surface area (Å²) in [6, 6.07) is 0.515. The second-order valence-electron chi connectivity index (χ2n) is 4.48. The van der Waals surface area contributed by atoms with Crippen molar-refractivity contribution in [1.82, 2.24) is 5.06 Å². The molecule has 3 heteroatoms. The monoisotopic (exact) mass is 197 g/mol. The summed E-state index contributed by atoms with van der Waals surface area (Å²) < 4.78 is 0. The molecule has 0 radical (unpaired) electrons. The van der Waals surface area contributed by atoms with Crippen molar-refractivity contribution >= 4 is 5.97 Å². The number of carbonyl (C=O) groups is 1. The van der Waals surface area contributed by atoms with E-state index in [1.165, 1.54) is 45.4 Å². The number of rotatable bonds is 1. The van der Waals surface area contributed by atoms with Gasteiger partial charge in [0.15, 0.2) is 0 Å². The van der Waals surface area contributed by atoms with Gasteiger partial charge in [0.05, 0.1) is 0 Å². The lowest BCUT2D eigenvalue weighted by molar-refractivity contribution is -0.216. The van der Waals surface area contributed by atoms with E-state index in [4.69, 9.17) is 4.84 Å². The van der Waals surface area contributed by atoms with Crippen molar-refractivity contribution in [1.29, 1.82) is 0 Å². The summed E-state index contributed by atoms with van der Waals surface area (Å²) in [6.45, 7) is 2.42. The van der Waals surface area contributed by atoms with Gasteiger partial charge in [0.25, 0.3) is 0 Å². The van der Waals surface area contributed by atoms with Crippen molar-refractivity contribution in [3.63, 3.8) is 0 Å². The summed E-state index contributed by atoms with van der Waals surface area (Å²) in [6.07, 6.45) is 7.67. The summed E-state index contributed by atoms with van der Waals surface area (Å²) in [5.41, 5.74) is 0. The molecule has 1 saturated heterocycles. The molecule has 0 spiro atoms. The van der Waals surface area contributed by atoms with Crippen LogP contribution in [0.4, 0.5) is 0 Å². The lowest BCUT2D eigenvalue weighted by Crippen LogP contribution is -2.47. The van der Waals surface area contributed by atoms with Crippen LogP contribution in [0.2, 0.25) is 0 Å². The third kappa shape index (κ3) is 2.08. The third-order valence-corrected chi connectivity index (χ3v) is 3.44. The Morgan fingerprint density at radius 2 is 1.93 bits per heavy atom. The van der Waals surface area contributed by atoms with Gasteiger partial charge < -0.3 is 4.84 Å². The van der Waals surface area contributed by atoms with Gasteiger partial charge in [-0.3, -0.25) is 4.79 Å². The Morgan fingerprint density at radius 3 is 2.71 bits per heavy atom. The lowest BCUT2D eigenvalue weighted by atomic mass is 9.79. The summed E-state index contributed by atoms with van der Waals surface area (Å²) >= 11 is 0. The minimum Gasteiger partial charge on any atom is -0.368 e. The highest BCUT2D eigenvalue weighted by Crippen LogP contribution is 2.35. The molecular weight excluding hydrogens is 178 g/mol. The highest BCUT2D eigenvalue weighted by molar-refractivity contribution is 5.65. The van der Waals surface area contributed by atoms with Crippen LogP contribution in [0.5, 0.6) is 0 Å². The maximum Gasteiger partial charge on any atom is 0.322 e. The van der Waals surface area contributed by atoms with Crippen LogP contribution in [0.15, 0.2) is 0 Å². The molecule has 0 amide bonds. The molecule has 2 atom stereocenters. The normalized spacial score (nSPS) is 33.5. The van der Waals surface area contributed by atoms with E-state index in [1.807, 2.05) is 5.06 Å². The van der Waals surface area contributed by atoms with E-state index in [9.17, 15) is 4.79 Å². The average Bonchev–Trinajstić information content (AvgIpc) is 2.18. The van der Waals surface area contributed by atoms with Gasteiger partial charge in [0, 0.05) is 19.5 Å². The Bertz CT molecular complexity index is 215. The van der Waals surface area contributed by atoms with Crippen LogP contribution in [0.25, 0.3) is 0 Å². The fraction of sp³-hybridized carbons (Fsp3) is 0.909. The fourth-order valence-corrected chi connectivity index (χ4v) is 2.86. The zero-order chi connectivity index (χ0) is 9.97. The highest BCUT2D eigenvalue weighted by Gasteiger charge is 2.34. The standard InChI is InChI=1S/C11H19NO2/c1-9(13)14-12-8-4-6-10-5-2-3-7-11(10)12/h10-11H,2-8H2,1H3. The second-order valence-corrected chi connectivity index (χ2v) is 4.48. The molecule has 80 valence electrons. The smallest absolute Gasteiger partial charge is 0.322 e. The van der Waals surface area contributed by atoms with Gasteiger partial charge in [-0.05, 0) is 31.6 Å². The van der Waals surface area contributed by atoms with Crippen molar-refractivity contribution in [3.8, 4) is 0 Å². The van der Waals surface area contributed by atoms with Crippen molar-refractivity contribution in [2.45, 2.75) is 51.5 Å². The zero-order valence-corrected chi connectivity index (χ0v) is 8.87. The Morgan fingerprint density at radius 1 is 1.21 bits per heavy atom. The van der Waals surface area contributed by atoms with Crippen LogP contribution in [0, 0.1) is 5.92 Å². The number of piperidine rings is 1. The van der Waals surface area contributed by atoms with Crippen molar-refractivity contribution in [3.05, 3.63) is 0 Å². The molecular formula is C11H19NO2.